The van der Waals surface area contributed by atoms with E-state index in [0.29, 0.717) is 34.6 Å². The number of aliphatic hydroxyl groups is 1. The summed E-state index contributed by atoms with van der Waals surface area (Å²) in [5, 5.41) is 11.6. The quantitative estimate of drug-likeness (QED) is 0.218. The Balaban J connectivity index is 1.55. The van der Waals surface area contributed by atoms with Gasteiger partial charge in [-0.3, -0.25) is 14.5 Å². The Morgan fingerprint density at radius 3 is 2.62 bits per heavy atom. The first kappa shape index (κ1) is 24.5. The third-order valence-electron chi connectivity index (χ3n) is 7.19. The molecule has 9 heteroatoms. The fraction of sp³-hybridized carbons (Fsp3) is 0.233. The van der Waals surface area contributed by atoms with Gasteiger partial charge in [0.25, 0.3) is 5.78 Å². The smallest absolute Gasteiger partial charge is 0.302 e. The average Bonchev–Trinajstić information content (AvgIpc) is 3.59. The van der Waals surface area contributed by atoms with Crippen molar-refractivity contribution < 1.29 is 28.9 Å². The zero-order chi connectivity index (χ0) is 27.4. The van der Waals surface area contributed by atoms with E-state index >= 15 is 0 Å². The van der Waals surface area contributed by atoms with Crippen LogP contribution >= 0.6 is 0 Å². The van der Waals surface area contributed by atoms with Gasteiger partial charge in [-0.15, -0.1) is 0 Å². The van der Waals surface area contributed by atoms with Crippen molar-refractivity contribution in [3.05, 3.63) is 82.4 Å². The number of aliphatic hydroxyl groups excluding tert-OH is 1. The second kappa shape index (κ2) is 9.20. The largest absolute Gasteiger partial charge is 0.507 e. The minimum Gasteiger partial charge on any atom is -0.507 e. The van der Waals surface area contributed by atoms with Gasteiger partial charge in [-0.2, -0.15) is 0 Å². The van der Waals surface area contributed by atoms with Gasteiger partial charge in [0.05, 0.1) is 36.9 Å². The number of H-pyrrole nitrogens is 1. The van der Waals surface area contributed by atoms with Crippen LogP contribution in [0.5, 0.6) is 17.2 Å². The number of aromatic amines is 1. The molecule has 3 heterocycles. The molecule has 1 amide bonds. The fourth-order valence-corrected chi connectivity index (χ4v) is 5.34. The molecule has 0 bridgehead atoms. The summed E-state index contributed by atoms with van der Waals surface area (Å²) in [6, 6.07) is 15.1. The SMILES string of the molecule is COc1ccc(C2/C(=C(\O)c3ccc4c(c3)CC(C)O4)C(=O)C(=O)N2c2nc3ccc(C)cc3[nH]2)cc1OC. The fourth-order valence-electron chi connectivity index (χ4n) is 5.34. The van der Waals surface area contributed by atoms with Crippen LogP contribution in [0, 0.1) is 6.92 Å². The van der Waals surface area contributed by atoms with Crippen molar-refractivity contribution in [2.45, 2.75) is 32.4 Å². The maximum atomic E-state index is 13.6. The highest BCUT2D eigenvalue weighted by Crippen LogP contribution is 2.44. The standard InChI is InChI=1S/C30H27N3O6/c1-15-5-8-20-21(11-15)32-30(31-20)33-26(17-6-10-23(37-3)24(14-17)38-4)25(28(35)29(33)36)27(34)18-7-9-22-19(13-18)12-16(2)39-22/h5-11,13-14,16,26,34H,12H2,1-4H3,(H,31,32)/b27-25+. The number of rotatable bonds is 5. The molecule has 1 fully saturated rings. The topological polar surface area (TPSA) is 114 Å². The van der Waals surface area contributed by atoms with Gasteiger partial charge in [0, 0.05) is 12.0 Å². The molecule has 4 aromatic rings. The lowest BCUT2D eigenvalue weighted by atomic mass is 9.94. The summed E-state index contributed by atoms with van der Waals surface area (Å²) in [6.45, 7) is 3.93. The number of imidazole rings is 1. The number of hydrogen-bond acceptors (Lipinski definition) is 7. The number of nitrogens with one attached hydrogen (secondary N) is 1. The van der Waals surface area contributed by atoms with E-state index in [1.807, 2.05) is 32.0 Å². The van der Waals surface area contributed by atoms with E-state index in [1.54, 1.807) is 36.4 Å². The zero-order valence-electron chi connectivity index (χ0n) is 21.9. The number of aryl methyl sites for hydroxylation is 1. The van der Waals surface area contributed by atoms with E-state index in [4.69, 9.17) is 14.2 Å². The molecule has 2 unspecified atom stereocenters. The highest BCUT2D eigenvalue weighted by Gasteiger charge is 2.48. The van der Waals surface area contributed by atoms with E-state index in [2.05, 4.69) is 9.97 Å². The maximum Gasteiger partial charge on any atom is 0.302 e. The Morgan fingerprint density at radius 2 is 1.85 bits per heavy atom. The van der Waals surface area contributed by atoms with Crippen LogP contribution in [0.4, 0.5) is 5.95 Å². The van der Waals surface area contributed by atoms with Crippen molar-refractivity contribution in [3.8, 4) is 17.2 Å². The maximum absolute atomic E-state index is 13.6. The van der Waals surface area contributed by atoms with Gasteiger partial charge in [-0.1, -0.05) is 12.1 Å². The van der Waals surface area contributed by atoms with Crippen LogP contribution in [0.1, 0.15) is 35.2 Å². The van der Waals surface area contributed by atoms with Crippen LogP contribution in [0.15, 0.2) is 60.2 Å². The molecule has 6 rings (SSSR count). The number of ketones is 1. The van der Waals surface area contributed by atoms with Crippen molar-refractivity contribution in [2.24, 2.45) is 0 Å². The molecular formula is C30H27N3O6. The predicted octanol–water partition coefficient (Wildman–Crippen LogP) is 4.84. The molecule has 9 nitrogen and oxygen atoms in total. The normalized spacial score (nSPS) is 19.8. The lowest BCUT2D eigenvalue weighted by Crippen LogP contribution is -2.30. The second-order valence-electron chi connectivity index (χ2n) is 9.82. The van der Waals surface area contributed by atoms with Gasteiger partial charge < -0.3 is 24.3 Å². The van der Waals surface area contributed by atoms with Crippen LogP contribution in [0.25, 0.3) is 16.8 Å². The predicted molar refractivity (Wildman–Crippen MR) is 145 cm³/mol. The third-order valence-corrected chi connectivity index (χ3v) is 7.19. The number of ether oxygens (including phenoxy) is 3. The van der Waals surface area contributed by atoms with Gasteiger partial charge in [0.15, 0.2) is 11.5 Å². The van der Waals surface area contributed by atoms with Crippen LogP contribution < -0.4 is 19.1 Å². The summed E-state index contributed by atoms with van der Waals surface area (Å²) in [5.41, 5.74) is 4.25. The molecule has 3 aromatic carbocycles. The first-order valence-corrected chi connectivity index (χ1v) is 12.6. The molecule has 0 radical (unpaired) electrons. The van der Waals surface area contributed by atoms with Crippen molar-refractivity contribution in [1.82, 2.24) is 9.97 Å². The Hall–Kier alpha value is -4.79. The van der Waals surface area contributed by atoms with E-state index in [-0.39, 0.29) is 23.4 Å². The first-order chi connectivity index (χ1) is 18.8. The number of methoxy groups -OCH3 is 2. The van der Waals surface area contributed by atoms with E-state index < -0.39 is 17.7 Å². The summed E-state index contributed by atoms with van der Waals surface area (Å²) in [6.07, 6.45) is 0.703. The molecule has 2 atom stereocenters. The molecule has 2 aliphatic heterocycles. The lowest BCUT2D eigenvalue weighted by Gasteiger charge is -2.24. The van der Waals surface area contributed by atoms with Gasteiger partial charge in [-0.25, -0.2) is 4.98 Å². The number of aromatic nitrogens is 2. The highest BCUT2D eigenvalue weighted by molar-refractivity contribution is 6.51. The van der Waals surface area contributed by atoms with E-state index in [1.165, 1.54) is 19.1 Å². The second-order valence-corrected chi connectivity index (χ2v) is 9.82. The first-order valence-electron chi connectivity index (χ1n) is 12.6. The van der Waals surface area contributed by atoms with Crippen molar-refractivity contribution in [2.75, 3.05) is 19.1 Å². The Labute approximate surface area is 224 Å². The number of carbonyl (C=O) groups excluding carboxylic acids is 2. The summed E-state index contributed by atoms with van der Waals surface area (Å²) in [7, 11) is 3.03. The molecule has 2 N–H and O–H groups in total. The van der Waals surface area contributed by atoms with Crippen LogP contribution in [-0.4, -0.2) is 47.1 Å². The molecule has 2 aliphatic rings. The Kier molecular flexibility index (Phi) is 5.79. The van der Waals surface area contributed by atoms with Crippen molar-refractivity contribution >= 4 is 34.4 Å². The number of carbonyl (C=O) groups is 2. The number of hydrogen-bond donors (Lipinski definition) is 2. The summed E-state index contributed by atoms with van der Waals surface area (Å²) < 4.78 is 16.7. The number of amides is 1. The molecule has 198 valence electrons. The van der Waals surface area contributed by atoms with E-state index in [0.717, 1.165) is 22.4 Å². The number of fused-ring (bicyclic) bond motifs is 2. The van der Waals surface area contributed by atoms with Crippen molar-refractivity contribution in [1.29, 1.82) is 0 Å². The monoisotopic (exact) mass is 525 g/mol. The molecule has 0 aliphatic carbocycles. The van der Waals surface area contributed by atoms with Crippen LogP contribution in [0.2, 0.25) is 0 Å². The summed E-state index contributed by atoms with van der Waals surface area (Å²) in [5.74, 6) is -0.0277. The summed E-state index contributed by atoms with van der Waals surface area (Å²) >= 11 is 0. The molecular weight excluding hydrogens is 498 g/mol. The minimum atomic E-state index is -0.977. The number of anilines is 1. The third kappa shape index (κ3) is 3.98. The van der Waals surface area contributed by atoms with Gasteiger partial charge in [0.2, 0.25) is 5.95 Å². The molecule has 0 saturated carbocycles. The lowest BCUT2D eigenvalue weighted by molar-refractivity contribution is -0.132. The Bertz CT molecular complexity index is 1690. The molecule has 0 spiro atoms. The molecule has 1 aromatic heterocycles. The zero-order valence-corrected chi connectivity index (χ0v) is 21.9. The minimum absolute atomic E-state index is 0.0199. The van der Waals surface area contributed by atoms with E-state index in [9.17, 15) is 14.7 Å². The number of benzene rings is 3. The average molecular weight is 526 g/mol. The molecule has 1 saturated heterocycles. The van der Waals surface area contributed by atoms with Crippen LogP contribution in [0.3, 0.4) is 0 Å². The van der Waals surface area contributed by atoms with Crippen molar-refractivity contribution in [3.63, 3.8) is 0 Å². The van der Waals surface area contributed by atoms with Gasteiger partial charge >= 0.3 is 5.91 Å². The van der Waals surface area contributed by atoms with Gasteiger partial charge in [-0.05, 0) is 73.0 Å². The number of Topliss-reactive ketones (excluding diaryl/α,β-unsaturated/α-hetero) is 1. The summed E-state index contributed by atoms with van der Waals surface area (Å²) in [4.78, 5) is 36.3. The Morgan fingerprint density at radius 1 is 1.05 bits per heavy atom. The molecule has 39 heavy (non-hydrogen) atoms. The highest BCUT2D eigenvalue weighted by atomic mass is 16.5. The number of nitrogens with zero attached hydrogens (tertiary/aromatic N) is 2. The van der Waals surface area contributed by atoms with Gasteiger partial charge in [0.1, 0.15) is 17.6 Å². The van der Waals surface area contributed by atoms with Crippen LogP contribution in [-0.2, 0) is 16.0 Å².